The smallest absolute Gasteiger partial charge is 0.345 e. The molecule has 0 heterocycles. The zero-order valence-corrected chi connectivity index (χ0v) is 13.7. The summed E-state index contributed by atoms with van der Waals surface area (Å²) in [7, 11) is 2.40. The first-order valence-corrected chi connectivity index (χ1v) is 7.02. The van der Waals surface area contributed by atoms with Crippen LogP contribution in [-0.2, 0) is 4.74 Å². The number of aromatic hydroxyl groups is 2. The average molecular weight is 348 g/mol. The fraction of sp³-hybridized carbons (Fsp3) is 0.176. The van der Waals surface area contributed by atoms with Crippen LogP contribution in [0.25, 0.3) is 0 Å². The van der Waals surface area contributed by atoms with Crippen LogP contribution in [0.5, 0.6) is 28.7 Å². The lowest BCUT2D eigenvalue weighted by Crippen LogP contribution is -2.07. The van der Waals surface area contributed by atoms with Gasteiger partial charge in [0, 0.05) is 6.07 Å². The Labute approximate surface area is 142 Å². The van der Waals surface area contributed by atoms with Gasteiger partial charge >= 0.3 is 11.9 Å². The van der Waals surface area contributed by atoms with Gasteiger partial charge in [-0.15, -0.1) is 0 Å². The Bertz CT molecular complexity index is 841. The molecule has 3 N–H and O–H groups in total. The van der Waals surface area contributed by atoms with E-state index in [9.17, 15) is 24.9 Å². The first-order valence-electron chi connectivity index (χ1n) is 7.02. The molecular weight excluding hydrogens is 332 g/mol. The van der Waals surface area contributed by atoms with E-state index < -0.39 is 11.9 Å². The first kappa shape index (κ1) is 17.9. The number of benzene rings is 2. The lowest BCUT2D eigenvalue weighted by molar-refractivity contribution is 0.0594. The number of phenolic OH excluding ortho intramolecular Hbond substituents is 2. The summed E-state index contributed by atoms with van der Waals surface area (Å²) in [4.78, 5) is 23.4. The molecule has 0 aliphatic carbocycles. The van der Waals surface area contributed by atoms with Crippen molar-refractivity contribution in [3.05, 3.63) is 41.0 Å². The van der Waals surface area contributed by atoms with Gasteiger partial charge in [-0.05, 0) is 30.7 Å². The van der Waals surface area contributed by atoms with Gasteiger partial charge in [0.25, 0.3) is 0 Å². The van der Waals surface area contributed by atoms with E-state index in [1.807, 2.05) is 0 Å². The topological polar surface area (TPSA) is 123 Å². The SMILES string of the molecule is COC(=O)c1c(O)cc(C)cc1Oc1c(OC)cc(O)cc1C(=O)O. The van der Waals surface area contributed by atoms with Crippen LogP contribution >= 0.6 is 0 Å². The number of ether oxygens (including phenoxy) is 3. The standard InChI is InChI=1S/C17H16O8/c1-8-4-11(19)14(17(22)24-3)12(5-8)25-15-10(16(20)21)6-9(18)7-13(15)23-2/h4-7,18-19H,1-3H3,(H,20,21). The monoisotopic (exact) mass is 348 g/mol. The predicted octanol–water partition coefficient (Wildman–Crippen LogP) is 2.69. The summed E-state index contributed by atoms with van der Waals surface area (Å²) in [5.41, 5.74) is -0.0806. The number of hydrogen-bond donors (Lipinski definition) is 3. The molecule has 0 bridgehead atoms. The van der Waals surface area contributed by atoms with E-state index >= 15 is 0 Å². The maximum atomic E-state index is 11.9. The van der Waals surface area contributed by atoms with Gasteiger partial charge in [-0.2, -0.15) is 0 Å². The Morgan fingerprint density at radius 2 is 1.68 bits per heavy atom. The Morgan fingerprint density at radius 3 is 2.24 bits per heavy atom. The summed E-state index contributed by atoms with van der Waals surface area (Å²) in [6.07, 6.45) is 0. The van der Waals surface area contributed by atoms with Crippen LogP contribution in [-0.4, -0.2) is 41.5 Å². The zero-order chi connectivity index (χ0) is 18.7. The minimum Gasteiger partial charge on any atom is -0.508 e. The van der Waals surface area contributed by atoms with Crippen molar-refractivity contribution < 1.29 is 39.1 Å². The van der Waals surface area contributed by atoms with E-state index in [-0.39, 0.29) is 39.9 Å². The summed E-state index contributed by atoms with van der Waals surface area (Å²) >= 11 is 0. The molecule has 2 rings (SSSR count). The van der Waals surface area contributed by atoms with Crippen LogP contribution in [0, 0.1) is 6.92 Å². The highest BCUT2D eigenvalue weighted by molar-refractivity contribution is 5.96. The molecule has 2 aromatic carbocycles. The minimum absolute atomic E-state index is 0.0609. The average Bonchev–Trinajstić information content (AvgIpc) is 2.54. The lowest BCUT2D eigenvalue weighted by atomic mass is 10.1. The quantitative estimate of drug-likeness (QED) is 0.705. The summed E-state index contributed by atoms with van der Waals surface area (Å²) in [6.45, 7) is 1.65. The molecular formula is C17H16O8. The third-order valence-corrected chi connectivity index (χ3v) is 3.32. The Hall–Kier alpha value is -3.42. The molecule has 0 spiro atoms. The molecule has 2 aromatic rings. The van der Waals surface area contributed by atoms with E-state index in [1.54, 1.807) is 6.92 Å². The second-order valence-corrected chi connectivity index (χ2v) is 5.08. The van der Waals surface area contributed by atoms with Gasteiger partial charge in [0.15, 0.2) is 11.5 Å². The highest BCUT2D eigenvalue weighted by Crippen LogP contribution is 2.41. The Kier molecular flexibility index (Phi) is 5.02. The van der Waals surface area contributed by atoms with Crippen molar-refractivity contribution in [2.75, 3.05) is 14.2 Å². The number of carbonyl (C=O) groups excluding carboxylic acids is 1. The van der Waals surface area contributed by atoms with E-state index in [2.05, 4.69) is 4.74 Å². The number of aromatic carboxylic acids is 1. The van der Waals surface area contributed by atoms with Crippen molar-refractivity contribution in [2.45, 2.75) is 6.92 Å². The Morgan fingerprint density at radius 1 is 1.00 bits per heavy atom. The molecule has 0 saturated carbocycles. The number of hydrogen-bond acceptors (Lipinski definition) is 7. The summed E-state index contributed by atoms with van der Waals surface area (Å²) in [6, 6.07) is 4.91. The fourth-order valence-electron chi connectivity index (χ4n) is 2.24. The molecule has 0 radical (unpaired) electrons. The molecule has 8 heteroatoms. The molecule has 25 heavy (non-hydrogen) atoms. The molecule has 132 valence electrons. The first-order chi connectivity index (χ1) is 11.8. The van der Waals surface area contributed by atoms with Crippen LogP contribution < -0.4 is 9.47 Å². The van der Waals surface area contributed by atoms with Crippen LogP contribution in [0.15, 0.2) is 24.3 Å². The number of carbonyl (C=O) groups is 2. The number of aryl methyl sites for hydroxylation is 1. The van der Waals surface area contributed by atoms with Gasteiger partial charge < -0.3 is 29.5 Å². The molecule has 8 nitrogen and oxygen atoms in total. The Balaban J connectivity index is 2.68. The van der Waals surface area contributed by atoms with Gasteiger partial charge in [0.2, 0.25) is 0 Å². The summed E-state index contributed by atoms with van der Waals surface area (Å²) < 4.78 is 15.3. The van der Waals surface area contributed by atoms with Crippen molar-refractivity contribution in [1.82, 2.24) is 0 Å². The highest BCUT2D eigenvalue weighted by atomic mass is 16.5. The van der Waals surface area contributed by atoms with Crippen molar-refractivity contribution in [1.29, 1.82) is 0 Å². The van der Waals surface area contributed by atoms with Gasteiger partial charge in [0.05, 0.1) is 14.2 Å². The minimum atomic E-state index is -1.37. The fourth-order valence-corrected chi connectivity index (χ4v) is 2.24. The number of carboxylic acid groups (broad SMARTS) is 1. The summed E-state index contributed by atoms with van der Waals surface area (Å²) in [5, 5.41) is 29.0. The predicted molar refractivity (Wildman–Crippen MR) is 85.9 cm³/mol. The maximum Gasteiger partial charge on any atom is 0.345 e. The lowest BCUT2D eigenvalue weighted by Gasteiger charge is -2.16. The number of esters is 1. The van der Waals surface area contributed by atoms with E-state index in [0.29, 0.717) is 5.56 Å². The van der Waals surface area contributed by atoms with Crippen LogP contribution in [0.2, 0.25) is 0 Å². The molecule has 0 atom stereocenters. The van der Waals surface area contributed by atoms with E-state index in [4.69, 9.17) is 9.47 Å². The second kappa shape index (κ2) is 7.00. The number of rotatable bonds is 5. The van der Waals surface area contributed by atoms with Crippen molar-refractivity contribution in [3.8, 4) is 28.7 Å². The third kappa shape index (κ3) is 3.57. The van der Waals surface area contributed by atoms with Gasteiger partial charge in [-0.25, -0.2) is 9.59 Å². The highest BCUT2D eigenvalue weighted by Gasteiger charge is 2.24. The van der Waals surface area contributed by atoms with Crippen molar-refractivity contribution >= 4 is 11.9 Å². The van der Waals surface area contributed by atoms with Gasteiger partial charge in [-0.1, -0.05) is 0 Å². The molecule has 0 aliphatic heterocycles. The van der Waals surface area contributed by atoms with Gasteiger partial charge in [-0.3, -0.25) is 0 Å². The van der Waals surface area contributed by atoms with Crippen LogP contribution in [0.1, 0.15) is 26.3 Å². The van der Waals surface area contributed by atoms with Crippen LogP contribution in [0.3, 0.4) is 0 Å². The van der Waals surface area contributed by atoms with E-state index in [1.165, 1.54) is 19.2 Å². The summed E-state index contributed by atoms with van der Waals surface area (Å²) in [5.74, 6) is -3.35. The number of carboxylic acids is 1. The van der Waals surface area contributed by atoms with Crippen molar-refractivity contribution in [3.63, 3.8) is 0 Å². The molecule has 0 fully saturated rings. The zero-order valence-electron chi connectivity index (χ0n) is 13.7. The van der Waals surface area contributed by atoms with Crippen LogP contribution in [0.4, 0.5) is 0 Å². The number of phenols is 2. The van der Waals surface area contributed by atoms with E-state index in [0.717, 1.165) is 19.2 Å². The largest absolute Gasteiger partial charge is 0.508 e. The van der Waals surface area contributed by atoms with Gasteiger partial charge in [0.1, 0.15) is 28.4 Å². The molecule has 0 aliphatic rings. The molecule has 0 unspecified atom stereocenters. The molecule has 0 amide bonds. The number of methoxy groups -OCH3 is 2. The third-order valence-electron chi connectivity index (χ3n) is 3.32. The second-order valence-electron chi connectivity index (χ2n) is 5.08. The normalized spacial score (nSPS) is 10.2. The molecule has 0 aromatic heterocycles. The maximum absolute atomic E-state index is 11.9. The van der Waals surface area contributed by atoms with Crippen molar-refractivity contribution in [2.24, 2.45) is 0 Å². The molecule has 0 saturated heterocycles.